The first-order valence-corrected chi connectivity index (χ1v) is 14.6. The van der Waals surface area contributed by atoms with E-state index < -0.39 is 0 Å². The summed E-state index contributed by atoms with van der Waals surface area (Å²) in [7, 11) is 0. The maximum atomic E-state index is 2.41. The molecule has 0 atom stereocenters. The summed E-state index contributed by atoms with van der Waals surface area (Å²) in [6.07, 6.45) is 0. The van der Waals surface area contributed by atoms with Gasteiger partial charge in [0.05, 0.1) is 22.1 Å². The van der Waals surface area contributed by atoms with Crippen LogP contribution in [-0.2, 0) is 0 Å². The maximum absolute atomic E-state index is 2.41. The first kappa shape index (κ1) is 23.4. The van der Waals surface area contributed by atoms with Crippen LogP contribution in [0.15, 0.2) is 133 Å². The number of para-hydroxylation sites is 4. The molecule has 0 radical (unpaired) electrons. The van der Waals surface area contributed by atoms with Gasteiger partial charge in [-0.1, -0.05) is 84.9 Å². The van der Waals surface area contributed by atoms with Gasteiger partial charge in [0.25, 0.3) is 0 Å². The van der Waals surface area contributed by atoms with E-state index in [1.807, 2.05) is 0 Å². The molecule has 198 valence electrons. The van der Waals surface area contributed by atoms with Crippen molar-refractivity contribution < 1.29 is 0 Å². The lowest BCUT2D eigenvalue weighted by molar-refractivity contribution is 1.18. The van der Waals surface area contributed by atoms with E-state index in [4.69, 9.17) is 0 Å². The minimum absolute atomic E-state index is 1.20. The molecule has 0 saturated heterocycles. The molecule has 2 aromatic heterocycles. The SMILES string of the molecule is Cc1c(C)c2cc(-n3c4ccccc4c4ccccc43)ccc2c2ccc(-n3c4ccccc4c4ccccc43)cc12. The molecule has 0 saturated carbocycles. The van der Waals surface area contributed by atoms with Crippen molar-refractivity contribution in [2.45, 2.75) is 13.8 Å². The first-order chi connectivity index (χ1) is 20.7. The lowest BCUT2D eigenvalue weighted by atomic mass is 9.92. The van der Waals surface area contributed by atoms with Crippen LogP contribution in [0, 0.1) is 13.8 Å². The van der Waals surface area contributed by atoms with Crippen molar-refractivity contribution in [3.8, 4) is 11.4 Å². The van der Waals surface area contributed by atoms with Crippen molar-refractivity contribution in [1.82, 2.24) is 9.13 Å². The smallest absolute Gasteiger partial charge is 0.0541 e. The Labute approximate surface area is 243 Å². The van der Waals surface area contributed by atoms with Crippen LogP contribution >= 0.6 is 0 Å². The van der Waals surface area contributed by atoms with Crippen molar-refractivity contribution in [3.63, 3.8) is 0 Å². The molecule has 0 aliphatic carbocycles. The molecule has 2 nitrogen and oxygen atoms in total. The molecule has 42 heavy (non-hydrogen) atoms. The molecule has 2 heteroatoms. The van der Waals surface area contributed by atoms with Gasteiger partial charge in [-0.05, 0) is 95.1 Å². The lowest BCUT2D eigenvalue weighted by Crippen LogP contribution is -1.97. The molecule has 0 aliphatic heterocycles. The second-order valence-corrected chi connectivity index (χ2v) is 11.4. The summed E-state index contributed by atoms with van der Waals surface area (Å²) in [6, 6.07) is 48.9. The van der Waals surface area contributed by atoms with Gasteiger partial charge in [0.15, 0.2) is 0 Å². The van der Waals surface area contributed by atoms with E-state index in [9.17, 15) is 0 Å². The van der Waals surface area contributed by atoms with Crippen LogP contribution in [0.25, 0.3) is 76.5 Å². The minimum Gasteiger partial charge on any atom is -0.309 e. The van der Waals surface area contributed by atoms with E-state index in [1.165, 1.54) is 87.7 Å². The zero-order valence-corrected chi connectivity index (χ0v) is 23.6. The van der Waals surface area contributed by atoms with Crippen molar-refractivity contribution in [1.29, 1.82) is 0 Å². The molecule has 7 aromatic carbocycles. The van der Waals surface area contributed by atoms with Gasteiger partial charge in [-0.15, -0.1) is 0 Å². The number of aryl methyl sites for hydroxylation is 2. The number of fused-ring (bicyclic) bond motifs is 9. The predicted octanol–water partition coefficient (Wildman–Crippen LogP) is 10.8. The van der Waals surface area contributed by atoms with E-state index in [0.29, 0.717) is 0 Å². The van der Waals surface area contributed by atoms with E-state index >= 15 is 0 Å². The van der Waals surface area contributed by atoms with Crippen LogP contribution in [0.4, 0.5) is 0 Å². The largest absolute Gasteiger partial charge is 0.309 e. The molecule has 0 N–H and O–H groups in total. The summed E-state index contributed by atoms with van der Waals surface area (Å²) in [6.45, 7) is 4.56. The second-order valence-electron chi connectivity index (χ2n) is 11.4. The van der Waals surface area contributed by atoms with Crippen molar-refractivity contribution in [3.05, 3.63) is 145 Å². The Bertz CT molecular complexity index is 2260. The molecule has 0 amide bonds. The van der Waals surface area contributed by atoms with E-state index in [0.717, 1.165) is 0 Å². The molecule has 2 heterocycles. The van der Waals surface area contributed by atoms with Crippen LogP contribution < -0.4 is 0 Å². The molecular weight excluding hydrogens is 508 g/mol. The monoisotopic (exact) mass is 536 g/mol. The van der Waals surface area contributed by atoms with Crippen LogP contribution in [-0.4, -0.2) is 9.13 Å². The highest BCUT2D eigenvalue weighted by atomic mass is 15.0. The molecule has 0 aliphatic rings. The highest BCUT2D eigenvalue weighted by Gasteiger charge is 2.16. The molecule has 0 bridgehead atoms. The first-order valence-electron chi connectivity index (χ1n) is 14.6. The summed E-state index contributed by atoms with van der Waals surface area (Å²) in [5, 5.41) is 10.4. The minimum atomic E-state index is 1.20. The summed E-state index contributed by atoms with van der Waals surface area (Å²) in [4.78, 5) is 0. The van der Waals surface area contributed by atoms with Crippen LogP contribution in [0.2, 0.25) is 0 Å². The molecule has 0 spiro atoms. The van der Waals surface area contributed by atoms with Gasteiger partial charge in [0.2, 0.25) is 0 Å². The summed E-state index contributed by atoms with van der Waals surface area (Å²) in [5.74, 6) is 0. The summed E-state index contributed by atoms with van der Waals surface area (Å²) in [5.41, 5.74) is 10.0. The summed E-state index contributed by atoms with van der Waals surface area (Å²) < 4.78 is 4.82. The normalized spacial score (nSPS) is 12.0. The highest BCUT2D eigenvalue weighted by molar-refractivity contribution is 6.14. The van der Waals surface area contributed by atoms with Gasteiger partial charge in [-0.2, -0.15) is 0 Å². The number of hydrogen-bond acceptors (Lipinski definition) is 0. The van der Waals surface area contributed by atoms with Crippen LogP contribution in [0.5, 0.6) is 0 Å². The maximum Gasteiger partial charge on any atom is 0.0541 e. The van der Waals surface area contributed by atoms with Crippen LogP contribution in [0.3, 0.4) is 0 Å². The van der Waals surface area contributed by atoms with Crippen LogP contribution in [0.1, 0.15) is 11.1 Å². The van der Waals surface area contributed by atoms with Gasteiger partial charge >= 0.3 is 0 Å². The third kappa shape index (κ3) is 3.09. The van der Waals surface area contributed by atoms with Crippen molar-refractivity contribution in [2.24, 2.45) is 0 Å². The van der Waals surface area contributed by atoms with Crippen molar-refractivity contribution in [2.75, 3.05) is 0 Å². The topological polar surface area (TPSA) is 9.86 Å². The van der Waals surface area contributed by atoms with Crippen molar-refractivity contribution >= 4 is 65.2 Å². The standard InChI is InChI=1S/C40H28N2/c1-25-26(2)36-24-28(42-39-17-9-5-13-33(39)34-14-6-10-18-40(34)42)20-22-30(36)29-21-19-27(23-35(25)29)41-37-15-7-3-11-31(37)32-12-4-8-16-38(32)41/h3-24H,1-2H3. The number of nitrogens with zero attached hydrogens (tertiary/aromatic N) is 2. The number of hydrogen-bond donors (Lipinski definition) is 0. The average Bonchev–Trinajstić information content (AvgIpc) is 3.56. The fraction of sp³-hybridized carbons (Fsp3) is 0.0500. The zero-order valence-electron chi connectivity index (χ0n) is 23.6. The highest BCUT2D eigenvalue weighted by Crippen LogP contribution is 2.39. The Hall–Kier alpha value is -5.34. The number of benzene rings is 7. The van der Waals surface area contributed by atoms with Gasteiger partial charge in [-0.25, -0.2) is 0 Å². The quantitative estimate of drug-likeness (QED) is 0.194. The lowest BCUT2D eigenvalue weighted by Gasteiger charge is -2.16. The molecular formula is C40H28N2. The number of aromatic nitrogens is 2. The molecule has 0 unspecified atom stereocenters. The fourth-order valence-electron chi connectivity index (χ4n) is 7.24. The van der Waals surface area contributed by atoms with Gasteiger partial charge in [0.1, 0.15) is 0 Å². The zero-order chi connectivity index (χ0) is 27.9. The Morgan fingerprint density at radius 2 is 0.619 bits per heavy atom. The summed E-state index contributed by atoms with van der Waals surface area (Å²) >= 11 is 0. The van der Waals surface area contributed by atoms with E-state index in [1.54, 1.807) is 0 Å². The second kappa shape index (κ2) is 8.58. The third-order valence-corrected chi connectivity index (χ3v) is 9.34. The van der Waals surface area contributed by atoms with E-state index in [-0.39, 0.29) is 0 Å². The molecule has 9 rings (SSSR count). The molecule has 9 aromatic rings. The third-order valence-electron chi connectivity index (χ3n) is 9.34. The Morgan fingerprint density at radius 1 is 0.310 bits per heavy atom. The Kier molecular flexibility index (Phi) is 4.77. The fourth-order valence-corrected chi connectivity index (χ4v) is 7.24. The average molecular weight is 537 g/mol. The Balaban J connectivity index is 1.29. The number of rotatable bonds is 2. The predicted molar refractivity (Wildman–Crippen MR) is 180 cm³/mol. The Morgan fingerprint density at radius 3 is 0.952 bits per heavy atom. The van der Waals surface area contributed by atoms with Gasteiger partial charge in [-0.3, -0.25) is 0 Å². The van der Waals surface area contributed by atoms with E-state index in [2.05, 4.69) is 156 Å². The van der Waals surface area contributed by atoms with Gasteiger partial charge < -0.3 is 9.13 Å². The molecule has 0 fully saturated rings. The van der Waals surface area contributed by atoms with Gasteiger partial charge in [0, 0.05) is 32.9 Å².